The van der Waals surface area contributed by atoms with Crippen LogP contribution in [0.25, 0.3) is 0 Å². The Morgan fingerprint density at radius 2 is 2.31 bits per heavy atom. The third-order valence-corrected chi connectivity index (χ3v) is 2.97. The molecule has 16 heavy (non-hydrogen) atoms. The lowest BCUT2D eigenvalue weighted by Crippen LogP contribution is -2.59. The van der Waals surface area contributed by atoms with Gasteiger partial charge in [0, 0.05) is 25.3 Å². The molecule has 2 N–H and O–H groups in total. The van der Waals surface area contributed by atoms with E-state index in [1.807, 2.05) is 11.8 Å². The number of nitrogens with one attached hydrogen (secondary N) is 2. The zero-order valence-corrected chi connectivity index (χ0v) is 10.0. The predicted molar refractivity (Wildman–Crippen MR) is 61.3 cm³/mol. The summed E-state index contributed by atoms with van der Waals surface area (Å²) in [4.78, 5) is 14.1. The summed E-state index contributed by atoms with van der Waals surface area (Å²) in [6, 6.07) is 1.79. The number of aryl methyl sites for hydroxylation is 1. The van der Waals surface area contributed by atoms with Crippen LogP contribution in [0.3, 0.4) is 0 Å². The zero-order valence-electron chi connectivity index (χ0n) is 10.0. The smallest absolute Gasteiger partial charge is 0.274 e. The molecule has 1 aliphatic heterocycles. The van der Waals surface area contributed by atoms with Gasteiger partial charge in [-0.05, 0) is 26.8 Å². The van der Waals surface area contributed by atoms with Crippen molar-refractivity contribution in [2.45, 2.75) is 26.3 Å². The minimum Gasteiger partial charge on any atom is -0.330 e. The second-order valence-corrected chi connectivity index (χ2v) is 4.88. The minimum atomic E-state index is -0.151. The van der Waals surface area contributed by atoms with Gasteiger partial charge in [0.1, 0.15) is 5.69 Å². The van der Waals surface area contributed by atoms with Crippen molar-refractivity contribution in [3.8, 4) is 0 Å². The fraction of sp³-hybridized carbons (Fsp3) is 0.636. The molecule has 2 heterocycles. The Hall–Kier alpha value is -1.36. The summed E-state index contributed by atoms with van der Waals surface area (Å²) in [5.74, 6) is 0.0100. The molecule has 0 aliphatic carbocycles. The number of H-pyrrole nitrogens is 1. The molecule has 0 aromatic carbocycles. The van der Waals surface area contributed by atoms with Crippen molar-refractivity contribution >= 4 is 5.91 Å². The fourth-order valence-electron chi connectivity index (χ4n) is 2.03. The summed E-state index contributed by atoms with van der Waals surface area (Å²) in [6.07, 6.45) is 0. The highest BCUT2D eigenvalue weighted by Gasteiger charge is 2.34. The van der Waals surface area contributed by atoms with Gasteiger partial charge in [0.25, 0.3) is 5.91 Å². The molecule has 5 heteroatoms. The second-order valence-electron chi connectivity index (χ2n) is 4.88. The predicted octanol–water partition coefficient (Wildman–Crippen LogP) is 0.542. The number of carbonyl (C=O) groups is 1. The molecule has 0 spiro atoms. The Balaban J connectivity index is 2.20. The van der Waals surface area contributed by atoms with Gasteiger partial charge in [-0.15, -0.1) is 0 Å². The highest BCUT2D eigenvalue weighted by molar-refractivity contribution is 5.93. The molecule has 5 nitrogen and oxygen atoms in total. The molecular weight excluding hydrogens is 204 g/mol. The largest absolute Gasteiger partial charge is 0.330 e. The first kappa shape index (κ1) is 11.1. The number of nitrogens with zero attached hydrogens (tertiary/aromatic N) is 2. The van der Waals surface area contributed by atoms with E-state index in [1.54, 1.807) is 6.07 Å². The first-order valence-corrected chi connectivity index (χ1v) is 5.55. The second kappa shape index (κ2) is 3.90. The van der Waals surface area contributed by atoms with Gasteiger partial charge in [0.05, 0.1) is 5.54 Å². The van der Waals surface area contributed by atoms with Crippen molar-refractivity contribution in [3.05, 3.63) is 17.5 Å². The summed E-state index contributed by atoms with van der Waals surface area (Å²) >= 11 is 0. The molecular formula is C11H18N4O. The van der Waals surface area contributed by atoms with E-state index in [0.29, 0.717) is 5.69 Å². The van der Waals surface area contributed by atoms with Gasteiger partial charge in [-0.1, -0.05) is 0 Å². The number of aromatic amines is 1. The van der Waals surface area contributed by atoms with Crippen LogP contribution in [0.1, 0.15) is 30.0 Å². The normalized spacial score (nSPS) is 19.8. The summed E-state index contributed by atoms with van der Waals surface area (Å²) in [5, 5.41) is 10.1. The number of aromatic nitrogens is 2. The molecule has 1 amide bonds. The van der Waals surface area contributed by atoms with E-state index in [0.717, 1.165) is 25.3 Å². The van der Waals surface area contributed by atoms with Crippen LogP contribution in [-0.2, 0) is 0 Å². The number of hydrogen-bond acceptors (Lipinski definition) is 3. The summed E-state index contributed by atoms with van der Waals surface area (Å²) in [6.45, 7) is 8.43. The molecule has 0 unspecified atom stereocenters. The fourth-order valence-corrected chi connectivity index (χ4v) is 2.03. The van der Waals surface area contributed by atoms with Crippen molar-refractivity contribution < 1.29 is 4.79 Å². The summed E-state index contributed by atoms with van der Waals surface area (Å²) in [7, 11) is 0. The Kier molecular flexibility index (Phi) is 2.71. The third-order valence-electron chi connectivity index (χ3n) is 2.97. The average Bonchev–Trinajstić information content (AvgIpc) is 2.63. The van der Waals surface area contributed by atoms with Gasteiger partial charge in [0.2, 0.25) is 0 Å². The lowest BCUT2D eigenvalue weighted by atomic mass is 9.99. The summed E-state index contributed by atoms with van der Waals surface area (Å²) in [5.41, 5.74) is 1.27. The highest BCUT2D eigenvalue weighted by Crippen LogP contribution is 2.18. The maximum atomic E-state index is 12.2. The molecule has 1 saturated heterocycles. The molecule has 0 bridgehead atoms. The molecule has 1 aromatic heterocycles. The number of rotatable bonds is 1. The molecule has 2 rings (SSSR count). The Bertz CT molecular complexity index is 396. The first-order chi connectivity index (χ1) is 7.50. The van der Waals surface area contributed by atoms with Crippen LogP contribution in [0.2, 0.25) is 0 Å². The van der Waals surface area contributed by atoms with Crippen LogP contribution in [-0.4, -0.2) is 46.2 Å². The van der Waals surface area contributed by atoms with Gasteiger partial charge >= 0.3 is 0 Å². The topological polar surface area (TPSA) is 61.0 Å². The van der Waals surface area contributed by atoms with E-state index in [4.69, 9.17) is 0 Å². The van der Waals surface area contributed by atoms with Crippen LogP contribution in [0.15, 0.2) is 6.07 Å². The Labute approximate surface area is 95.2 Å². The van der Waals surface area contributed by atoms with Crippen LogP contribution in [0, 0.1) is 6.92 Å². The van der Waals surface area contributed by atoms with E-state index >= 15 is 0 Å². The maximum absolute atomic E-state index is 12.2. The third kappa shape index (κ3) is 1.95. The first-order valence-electron chi connectivity index (χ1n) is 5.55. The molecule has 1 aromatic rings. The molecule has 1 fully saturated rings. The van der Waals surface area contributed by atoms with Crippen molar-refractivity contribution in [2.75, 3.05) is 19.6 Å². The standard InChI is InChI=1S/C11H18N4O/c1-8-6-9(14-13-8)10(16)15-5-4-12-7-11(15,2)3/h6,12H,4-5,7H2,1-3H3,(H,13,14). The van der Waals surface area contributed by atoms with Gasteiger partial charge in [0.15, 0.2) is 0 Å². The molecule has 0 atom stereocenters. The van der Waals surface area contributed by atoms with Crippen LogP contribution in [0.5, 0.6) is 0 Å². The summed E-state index contributed by atoms with van der Waals surface area (Å²) < 4.78 is 0. The number of carbonyl (C=O) groups excluding carboxylic acids is 1. The SMILES string of the molecule is Cc1cc(C(=O)N2CCNCC2(C)C)n[nH]1. The van der Waals surface area contributed by atoms with Gasteiger partial charge < -0.3 is 10.2 Å². The van der Waals surface area contributed by atoms with Crippen LogP contribution < -0.4 is 5.32 Å². The maximum Gasteiger partial charge on any atom is 0.274 e. The lowest BCUT2D eigenvalue weighted by Gasteiger charge is -2.42. The van der Waals surface area contributed by atoms with Gasteiger partial charge in [-0.25, -0.2) is 0 Å². The average molecular weight is 222 g/mol. The van der Waals surface area contributed by atoms with Gasteiger partial charge in [-0.3, -0.25) is 9.89 Å². The monoisotopic (exact) mass is 222 g/mol. The zero-order chi connectivity index (χ0) is 11.8. The molecule has 0 saturated carbocycles. The van der Waals surface area contributed by atoms with Gasteiger partial charge in [-0.2, -0.15) is 5.10 Å². The van der Waals surface area contributed by atoms with Crippen molar-refractivity contribution in [1.82, 2.24) is 20.4 Å². The Morgan fingerprint density at radius 1 is 1.56 bits per heavy atom. The van der Waals surface area contributed by atoms with E-state index in [1.165, 1.54) is 0 Å². The molecule has 0 radical (unpaired) electrons. The van der Waals surface area contributed by atoms with Crippen molar-refractivity contribution in [2.24, 2.45) is 0 Å². The van der Waals surface area contributed by atoms with E-state index in [-0.39, 0.29) is 11.4 Å². The molecule has 1 aliphatic rings. The van der Waals surface area contributed by atoms with E-state index < -0.39 is 0 Å². The van der Waals surface area contributed by atoms with Crippen molar-refractivity contribution in [3.63, 3.8) is 0 Å². The van der Waals surface area contributed by atoms with Crippen LogP contribution >= 0.6 is 0 Å². The molecule has 88 valence electrons. The van der Waals surface area contributed by atoms with Crippen molar-refractivity contribution in [1.29, 1.82) is 0 Å². The highest BCUT2D eigenvalue weighted by atomic mass is 16.2. The number of amides is 1. The Morgan fingerprint density at radius 3 is 2.88 bits per heavy atom. The van der Waals surface area contributed by atoms with Crippen LogP contribution in [0.4, 0.5) is 0 Å². The van der Waals surface area contributed by atoms with E-state index in [9.17, 15) is 4.79 Å². The number of piperazine rings is 1. The minimum absolute atomic E-state index is 0.0100. The lowest BCUT2D eigenvalue weighted by molar-refractivity contribution is 0.0471. The number of hydrogen-bond donors (Lipinski definition) is 2. The van der Waals surface area contributed by atoms with E-state index in [2.05, 4.69) is 29.4 Å². The quantitative estimate of drug-likeness (QED) is 0.729.